The molecule has 1 aromatic carbocycles. The van der Waals surface area contributed by atoms with Crippen LogP contribution in [-0.2, 0) is 6.42 Å². The highest BCUT2D eigenvalue weighted by atomic mass is 35.5. The maximum atomic E-state index is 14.3. The largest absolute Gasteiger partial charge is 0.491 e. The first kappa shape index (κ1) is 22.9. The summed E-state index contributed by atoms with van der Waals surface area (Å²) in [5.74, 6) is 3.61. The number of halogens is 2. The molecule has 2 saturated carbocycles. The number of unbranched alkanes of at least 4 members (excludes halogenated alkanes) is 1. The third kappa shape index (κ3) is 6.36. The summed E-state index contributed by atoms with van der Waals surface area (Å²) in [4.78, 5) is 0. The van der Waals surface area contributed by atoms with Gasteiger partial charge in [0.05, 0.1) is 11.6 Å². The molecule has 0 aliphatic heterocycles. The normalized spacial score (nSPS) is 27.7. The summed E-state index contributed by atoms with van der Waals surface area (Å²) in [6, 6.07) is 3.67. The number of ether oxygens (including phenoxy) is 1. The number of hydrogen-bond acceptors (Lipinski definition) is 1. The smallest absolute Gasteiger partial charge is 0.183 e. The van der Waals surface area contributed by atoms with Crippen molar-refractivity contribution in [2.24, 2.45) is 23.7 Å². The van der Waals surface area contributed by atoms with E-state index in [9.17, 15) is 4.39 Å². The summed E-state index contributed by atoms with van der Waals surface area (Å²) >= 11 is 6.26. The molecule has 0 bridgehead atoms. The zero-order chi connectivity index (χ0) is 20.6. The van der Waals surface area contributed by atoms with Gasteiger partial charge in [0.1, 0.15) is 0 Å². The van der Waals surface area contributed by atoms with Crippen molar-refractivity contribution in [1.29, 1.82) is 0 Å². The second-order valence-corrected chi connectivity index (χ2v) is 9.90. The van der Waals surface area contributed by atoms with Crippen LogP contribution in [-0.4, -0.2) is 6.61 Å². The van der Waals surface area contributed by atoms with Crippen LogP contribution in [0, 0.1) is 29.5 Å². The van der Waals surface area contributed by atoms with Gasteiger partial charge in [0, 0.05) is 0 Å². The van der Waals surface area contributed by atoms with Crippen LogP contribution in [0.5, 0.6) is 5.75 Å². The Morgan fingerprint density at radius 3 is 2.03 bits per heavy atom. The van der Waals surface area contributed by atoms with Crippen molar-refractivity contribution in [1.82, 2.24) is 0 Å². The molecule has 164 valence electrons. The molecule has 0 amide bonds. The third-order valence-corrected chi connectivity index (χ3v) is 8.07. The molecule has 0 N–H and O–H groups in total. The van der Waals surface area contributed by atoms with E-state index in [0.29, 0.717) is 6.61 Å². The highest BCUT2D eigenvalue weighted by Gasteiger charge is 2.30. The molecule has 0 unspecified atom stereocenters. The number of aryl methyl sites for hydroxylation is 1. The maximum absolute atomic E-state index is 14.3. The molecule has 0 radical (unpaired) electrons. The lowest BCUT2D eigenvalue weighted by atomic mass is 9.68. The Kier molecular flexibility index (Phi) is 9.15. The van der Waals surface area contributed by atoms with Crippen LogP contribution >= 0.6 is 11.6 Å². The van der Waals surface area contributed by atoms with Gasteiger partial charge in [0.15, 0.2) is 11.6 Å². The quantitative estimate of drug-likeness (QED) is 0.387. The monoisotopic (exact) mass is 422 g/mol. The molecule has 2 fully saturated rings. The lowest BCUT2D eigenvalue weighted by Crippen LogP contribution is -2.26. The van der Waals surface area contributed by atoms with Crippen LogP contribution in [0.2, 0.25) is 5.02 Å². The molecular weight excluding hydrogens is 383 g/mol. The van der Waals surface area contributed by atoms with E-state index in [1.807, 2.05) is 13.0 Å². The van der Waals surface area contributed by atoms with E-state index in [4.69, 9.17) is 16.3 Å². The van der Waals surface area contributed by atoms with Gasteiger partial charge in [0.25, 0.3) is 0 Å². The summed E-state index contributed by atoms with van der Waals surface area (Å²) in [5, 5.41) is 0.254. The second-order valence-electron chi connectivity index (χ2n) is 9.53. The van der Waals surface area contributed by atoms with E-state index in [0.717, 1.165) is 42.1 Å². The van der Waals surface area contributed by atoms with E-state index >= 15 is 0 Å². The molecule has 0 atom stereocenters. The Hall–Kier alpha value is -0.760. The predicted molar refractivity (Wildman–Crippen MR) is 121 cm³/mol. The van der Waals surface area contributed by atoms with Crippen molar-refractivity contribution in [2.45, 2.75) is 97.3 Å². The van der Waals surface area contributed by atoms with Crippen molar-refractivity contribution in [2.75, 3.05) is 6.61 Å². The first-order valence-electron chi connectivity index (χ1n) is 12.2. The van der Waals surface area contributed by atoms with Gasteiger partial charge in [-0.15, -0.1) is 0 Å². The lowest BCUT2D eigenvalue weighted by Gasteiger charge is -2.38. The molecule has 0 heterocycles. The summed E-state index contributed by atoms with van der Waals surface area (Å²) in [6.45, 7) is 4.62. The van der Waals surface area contributed by atoms with E-state index in [1.165, 1.54) is 70.6 Å². The highest BCUT2D eigenvalue weighted by Crippen LogP contribution is 2.43. The number of benzene rings is 1. The van der Waals surface area contributed by atoms with Crippen molar-refractivity contribution in [3.63, 3.8) is 0 Å². The van der Waals surface area contributed by atoms with Crippen molar-refractivity contribution >= 4 is 11.6 Å². The van der Waals surface area contributed by atoms with Gasteiger partial charge in [0.2, 0.25) is 0 Å². The molecule has 2 aliphatic carbocycles. The van der Waals surface area contributed by atoms with E-state index in [1.54, 1.807) is 6.07 Å². The Bertz CT molecular complexity index is 615. The Balaban J connectivity index is 1.40. The molecule has 3 heteroatoms. The highest BCUT2D eigenvalue weighted by molar-refractivity contribution is 6.31. The third-order valence-electron chi connectivity index (χ3n) is 7.66. The topological polar surface area (TPSA) is 9.23 Å². The Morgan fingerprint density at radius 1 is 0.897 bits per heavy atom. The van der Waals surface area contributed by atoms with Crippen LogP contribution in [0.3, 0.4) is 0 Å². The van der Waals surface area contributed by atoms with Gasteiger partial charge in [-0.2, -0.15) is 0 Å². The zero-order valence-corrected chi connectivity index (χ0v) is 19.3. The Labute approximate surface area is 182 Å². The average Bonchev–Trinajstić information content (AvgIpc) is 2.76. The van der Waals surface area contributed by atoms with Gasteiger partial charge >= 0.3 is 0 Å². The second kappa shape index (κ2) is 11.6. The predicted octanol–water partition coefficient (Wildman–Crippen LogP) is 8.61. The lowest BCUT2D eigenvalue weighted by molar-refractivity contribution is 0.140. The summed E-state index contributed by atoms with van der Waals surface area (Å²) < 4.78 is 19.6. The minimum atomic E-state index is -0.399. The van der Waals surface area contributed by atoms with Crippen LogP contribution in [0.25, 0.3) is 0 Å². The SMILES string of the molecule is CCCCC1CCC(C2CCC(CCc3ccc(OCC)c(F)c3Cl)CC2)CC1. The minimum Gasteiger partial charge on any atom is -0.491 e. The number of hydrogen-bond donors (Lipinski definition) is 0. The van der Waals surface area contributed by atoms with Crippen molar-refractivity contribution < 1.29 is 9.13 Å². The van der Waals surface area contributed by atoms with Gasteiger partial charge in [-0.3, -0.25) is 0 Å². The zero-order valence-electron chi connectivity index (χ0n) is 18.5. The summed E-state index contributed by atoms with van der Waals surface area (Å²) in [6.07, 6.45) is 17.6. The molecule has 3 rings (SSSR count). The molecule has 1 aromatic rings. The van der Waals surface area contributed by atoms with E-state index in [2.05, 4.69) is 6.92 Å². The first-order chi connectivity index (χ1) is 14.1. The van der Waals surface area contributed by atoms with Crippen LogP contribution in [0.15, 0.2) is 12.1 Å². The van der Waals surface area contributed by atoms with E-state index < -0.39 is 5.82 Å². The number of rotatable bonds is 9. The van der Waals surface area contributed by atoms with E-state index in [-0.39, 0.29) is 10.8 Å². The fourth-order valence-electron chi connectivity index (χ4n) is 5.78. The van der Waals surface area contributed by atoms with Gasteiger partial charge in [-0.05, 0) is 80.8 Å². The molecule has 0 spiro atoms. The van der Waals surface area contributed by atoms with Crippen LogP contribution in [0.4, 0.5) is 4.39 Å². The standard InChI is InChI=1S/C26H40ClFO/c1-3-5-6-19-7-12-21(13-8-19)22-14-9-20(10-15-22)11-16-23-17-18-24(29-4-2)26(28)25(23)27/h17-22H,3-16H2,1-2H3. The molecule has 2 aliphatic rings. The molecule has 0 aromatic heterocycles. The minimum absolute atomic E-state index is 0.254. The van der Waals surface area contributed by atoms with Crippen LogP contribution < -0.4 is 4.74 Å². The average molecular weight is 423 g/mol. The fraction of sp³-hybridized carbons (Fsp3) is 0.769. The van der Waals surface area contributed by atoms with Gasteiger partial charge in [-0.25, -0.2) is 4.39 Å². The molecule has 0 saturated heterocycles. The molecular formula is C26H40ClFO. The maximum Gasteiger partial charge on any atom is 0.183 e. The summed E-state index contributed by atoms with van der Waals surface area (Å²) in [7, 11) is 0. The summed E-state index contributed by atoms with van der Waals surface area (Å²) in [5.41, 5.74) is 0.931. The Morgan fingerprint density at radius 2 is 1.48 bits per heavy atom. The van der Waals surface area contributed by atoms with Gasteiger partial charge < -0.3 is 4.74 Å². The first-order valence-corrected chi connectivity index (χ1v) is 12.6. The van der Waals surface area contributed by atoms with Gasteiger partial charge in [-0.1, -0.05) is 69.5 Å². The van der Waals surface area contributed by atoms with Crippen molar-refractivity contribution in [3.8, 4) is 5.75 Å². The van der Waals surface area contributed by atoms with Crippen molar-refractivity contribution in [3.05, 3.63) is 28.5 Å². The van der Waals surface area contributed by atoms with Crippen LogP contribution in [0.1, 0.15) is 96.5 Å². The molecule has 1 nitrogen and oxygen atoms in total. The molecule has 29 heavy (non-hydrogen) atoms. The fourth-order valence-corrected chi connectivity index (χ4v) is 6.03.